The summed E-state index contributed by atoms with van der Waals surface area (Å²) in [7, 11) is -2.16. The van der Waals surface area contributed by atoms with Crippen LogP contribution in [0, 0.1) is 0 Å². The van der Waals surface area contributed by atoms with E-state index in [0.29, 0.717) is 0 Å². The smallest absolute Gasteiger partial charge is 0.242 e. The number of rotatable bonds is 7. The first-order valence-corrected chi connectivity index (χ1v) is 6.97. The van der Waals surface area contributed by atoms with Gasteiger partial charge in [0.1, 0.15) is 4.90 Å². The van der Waals surface area contributed by atoms with E-state index in [9.17, 15) is 13.5 Å². The summed E-state index contributed by atoms with van der Waals surface area (Å²) in [5, 5.41) is 9.39. The minimum atomic E-state index is -3.63. The summed E-state index contributed by atoms with van der Waals surface area (Å²) in [4.78, 5) is 0.0474. The monoisotopic (exact) mass is 274 g/mol. The third kappa shape index (κ3) is 4.26. The molecule has 0 saturated carbocycles. The van der Waals surface area contributed by atoms with Crippen LogP contribution in [0.25, 0.3) is 0 Å². The molecule has 7 heteroatoms. The number of benzene rings is 1. The predicted molar refractivity (Wildman–Crippen MR) is 68.5 cm³/mol. The van der Waals surface area contributed by atoms with Crippen LogP contribution in [0.15, 0.2) is 29.2 Å². The molecule has 1 aromatic carbocycles. The van der Waals surface area contributed by atoms with Crippen molar-refractivity contribution in [2.45, 2.75) is 17.4 Å². The van der Waals surface area contributed by atoms with Crippen LogP contribution in [-0.2, 0) is 14.8 Å². The molecule has 0 amide bonds. The average Bonchev–Trinajstić information content (AvgIpc) is 2.29. The Labute approximate surface area is 107 Å². The molecular formula is C11H18N2O4S. The van der Waals surface area contributed by atoms with Gasteiger partial charge in [-0.1, -0.05) is 12.1 Å². The van der Waals surface area contributed by atoms with Crippen LogP contribution < -0.4 is 10.5 Å². The number of methoxy groups -OCH3 is 1. The Morgan fingerprint density at radius 1 is 1.44 bits per heavy atom. The van der Waals surface area contributed by atoms with Gasteiger partial charge in [-0.25, -0.2) is 13.1 Å². The van der Waals surface area contributed by atoms with Gasteiger partial charge in [-0.2, -0.15) is 0 Å². The number of nitrogens with one attached hydrogen (secondary N) is 1. The van der Waals surface area contributed by atoms with E-state index in [1.54, 1.807) is 12.1 Å². The van der Waals surface area contributed by atoms with Gasteiger partial charge in [0.05, 0.1) is 18.4 Å². The standard InChI is InChI=1S/C11H18N2O4S/c1-17-8-9(14)6-7-13-18(15,16)11-5-3-2-4-10(11)12/h2-5,9,13-14H,6-8,12H2,1H3. The summed E-state index contributed by atoms with van der Waals surface area (Å²) in [6, 6.07) is 6.22. The Balaban J connectivity index is 2.59. The highest BCUT2D eigenvalue weighted by Crippen LogP contribution is 2.16. The Kier molecular flexibility index (Phi) is 5.54. The molecule has 0 aromatic heterocycles. The lowest BCUT2D eigenvalue weighted by Crippen LogP contribution is -2.29. The molecule has 1 atom stereocenters. The number of aliphatic hydroxyl groups excluding tert-OH is 1. The van der Waals surface area contributed by atoms with Gasteiger partial charge in [0.25, 0.3) is 0 Å². The van der Waals surface area contributed by atoms with Crippen LogP contribution in [-0.4, -0.2) is 39.9 Å². The van der Waals surface area contributed by atoms with Gasteiger partial charge in [-0.15, -0.1) is 0 Å². The Morgan fingerprint density at radius 3 is 2.72 bits per heavy atom. The molecule has 6 nitrogen and oxygen atoms in total. The molecule has 1 unspecified atom stereocenters. The van der Waals surface area contributed by atoms with Crippen molar-refractivity contribution < 1.29 is 18.3 Å². The molecule has 1 aromatic rings. The average molecular weight is 274 g/mol. The Bertz CT molecular complexity index is 476. The molecule has 0 heterocycles. The number of nitrogens with two attached hydrogens (primary N) is 1. The summed E-state index contributed by atoms with van der Waals surface area (Å²) < 4.78 is 30.9. The molecule has 0 aliphatic heterocycles. The largest absolute Gasteiger partial charge is 0.398 e. The fourth-order valence-electron chi connectivity index (χ4n) is 1.44. The van der Waals surface area contributed by atoms with Crippen molar-refractivity contribution in [1.29, 1.82) is 0 Å². The van der Waals surface area contributed by atoms with E-state index in [-0.39, 0.29) is 30.2 Å². The summed E-state index contributed by atoms with van der Waals surface area (Å²) in [6.07, 6.45) is -0.411. The second-order valence-electron chi connectivity index (χ2n) is 3.83. The van der Waals surface area contributed by atoms with Crippen molar-refractivity contribution in [1.82, 2.24) is 4.72 Å². The molecule has 1 rings (SSSR count). The van der Waals surface area contributed by atoms with Crippen molar-refractivity contribution in [3.63, 3.8) is 0 Å². The first-order chi connectivity index (χ1) is 8.47. The van der Waals surface area contributed by atoms with Crippen LogP contribution in [0.5, 0.6) is 0 Å². The fraction of sp³-hybridized carbons (Fsp3) is 0.455. The van der Waals surface area contributed by atoms with Crippen LogP contribution in [0.1, 0.15) is 6.42 Å². The van der Waals surface area contributed by atoms with Gasteiger partial charge in [0.2, 0.25) is 10.0 Å². The second kappa shape index (κ2) is 6.69. The molecule has 18 heavy (non-hydrogen) atoms. The zero-order valence-corrected chi connectivity index (χ0v) is 11.0. The first-order valence-electron chi connectivity index (χ1n) is 5.48. The van der Waals surface area contributed by atoms with E-state index in [1.165, 1.54) is 19.2 Å². The van der Waals surface area contributed by atoms with E-state index < -0.39 is 16.1 Å². The molecule has 0 fully saturated rings. The molecule has 0 saturated heterocycles. The van der Waals surface area contributed by atoms with Gasteiger partial charge >= 0.3 is 0 Å². The Morgan fingerprint density at radius 2 is 2.11 bits per heavy atom. The number of nitrogen functional groups attached to an aromatic ring is 1. The van der Waals surface area contributed by atoms with E-state index in [2.05, 4.69) is 4.72 Å². The topological polar surface area (TPSA) is 102 Å². The van der Waals surface area contributed by atoms with Crippen molar-refractivity contribution in [2.75, 3.05) is 26.0 Å². The highest BCUT2D eigenvalue weighted by Gasteiger charge is 2.16. The maximum atomic E-state index is 11.9. The van der Waals surface area contributed by atoms with Crippen LogP contribution >= 0.6 is 0 Å². The van der Waals surface area contributed by atoms with Gasteiger partial charge in [-0.05, 0) is 18.6 Å². The molecule has 4 N–H and O–H groups in total. The molecule has 0 spiro atoms. The number of hydrogen-bond donors (Lipinski definition) is 3. The second-order valence-corrected chi connectivity index (χ2v) is 5.57. The van der Waals surface area contributed by atoms with Gasteiger partial charge < -0.3 is 15.6 Å². The predicted octanol–water partition coefficient (Wildman–Crippen LogP) is -0.0555. The molecular weight excluding hydrogens is 256 g/mol. The lowest BCUT2D eigenvalue weighted by atomic mass is 10.3. The highest BCUT2D eigenvalue weighted by molar-refractivity contribution is 7.89. The zero-order valence-electron chi connectivity index (χ0n) is 10.2. The number of ether oxygens (including phenoxy) is 1. The summed E-state index contributed by atoms with van der Waals surface area (Å²) in [6.45, 7) is 0.302. The molecule has 0 aliphatic rings. The molecule has 0 bridgehead atoms. The number of hydrogen-bond acceptors (Lipinski definition) is 5. The quantitative estimate of drug-likeness (QED) is 0.605. The number of anilines is 1. The third-order valence-corrected chi connectivity index (χ3v) is 3.87. The molecule has 0 aliphatic carbocycles. The van der Waals surface area contributed by atoms with Crippen molar-refractivity contribution >= 4 is 15.7 Å². The maximum Gasteiger partial charge on any atom is 0.242 e. The highest BCUT2D eigenvalue weighted by atomic mass is 32.2. The summed E-state index contributed by atoms with van der Waals surface area (Å²) in [5.74, 6) is 0. The minimum Gasteiger partial charge on any atom is -0.398 e. The van der Waals surface area contributed by atoms with Gasteiger partial charge in [0, 0.05) is 13.7 Å². The van der Waals surface area contributed by atoms with E-state index >= 15 is 0 Å². The maximum absolute atomic E-state index is 11.9. The number of aliphatic hydroxyl groups is 1. The number of para-hydroxylation sites is 1. The van der Waals surface area contributed by atoms with E-state index in [0.717, 1.165) is 0 Å². The SMILES string of the molecule is COCC(O)CCNS(=O)(=O)c1ccccc1N. The Hall–Kier alpha value is -1.15. The number of sulfonamides is 1. The normalized spacial score (nSPS) is 13.4. The molecule has 0 radical (unpaired) electrons. The fourth-order valence-corrected chi connectivity index (χ4v) is 2.62. The van der Waals surface area contributed by atoms with E-state index in [1.807, 2.05) is 0 Å². The van der Waals surface area contributed by atoms with Crippen LogP contribution in [0.2, 0.25) is 0 Å². The first kappa shape index (κ1) is 14.9. The van der Waals surface area contributed by atoms with Crippen molar-refractivity contribution in [3.05, 3.63) is 24.3 Å². The third-order valence-electron chi connectivity index (χ3n) is 2.34. The van der Waals surface area contributed by atoms with E-state index in [4.69, 9.17) is 10.5 Å². The minimum absolute atomic E-state index is 0.0474. The summed E-state index contributed by atoms with van der Waals surface area (Å²) >= 11 is 0. The van der Waals surface area contributed by atoms with Crippen molar-refractivity contribution in [3.8, 4) is 0 Å². The summed E-state index contributed by atoms with van der Waals surface area (Å²) in [5.41, 5.74) is 5.79. The van der Waals surface area contributed by atoms with Crippen LogP contribution in [0.4, 0.5) is 5.69 Å². The lowest BCUT2D eigenvalue weighted by Gasteiger charge is -2.11. The lowest BCUT2D eigenvalue weighted by molar-refractivity contribution is 0.0603. The van der Waals surface area contributed by atoms with Gasteiger partial charge in [-0.3, -0.25) is 0 Å². The van der Waals surface area contributed by atoms with Crippen LogP contribution in [0.3, 0.4) is 0 Å². The zero-order chi connectivity index (χ0) is 13.6. The molecule has 102 valence electrons. The van der Waals surface area contributed by atoms with Crippen molar-refractivity contribution in [2.24, 2.45) is 0 Å². The van der Waals surface area contributed by atoms with Gasteiger partial charge in [0.15, 0.2) is 0 Å².